The summed E-state index contributed by atoms with van der Waals surface area (Å²) in [6.07, 6.45) is 1.69. The Morgan fingerprint density at radius 3 is 2.13 bits per heavy atom. The molecule has 4 aliphatic rings. The number of phenolic OH excluding ortho intramolecular Hbond substituents is 1. The standard InChI is InChI=1S/C84H108N18O25/c1-7-53-54-37-52(22-23-59(54)94-72-55(53)43-102-64(72)38-58-57(79(102)116)46-125-80(117)84(58,3)120)127-83(119)100(5)29-28-99(4)82(118)126-45-56-47(2)101(73-65(105)40-66(121-6)74(111)71(56)73)44-69(108)90-27-31-123-33-35-124-34-32-122-30-26-88-41-49(98-87)18-21-50(103)12-10-15-67(106)89-24-9-8-13-61-76(113)95-60(14-11-25-91-81(85)86)75(112)92-42-68(107)93-63(39-70(109)110)78(115)97-62(77(114)96-61)36-48-16-19-51(104)20-17-48/h16-17,19-20,22-23,26,37-38,40,49,60-63,87,104,120H,7-15,18,21,24-25,27-36,39,41-46H2,1-6H3,(H,89,106)(H,90,108)(H,92,112)(H,93,107)(H,95,113)(H,96,114)(H,97,115)(H,109,110)(H4,85,86,91). The maximum atomic E-state index is 14.1. The summed E-state index contributed by atoms with van der Waals surface area (Å²) in [5, 5.41) is 62.7. The minimum Gasteiger partial charge on any atom is -0.508 e. The van der Waals surface area contributed by atoms with Gasteiger partial charge in [-0.05, 0) is 113 Å². The highest BCUT2D eigenvalue weighted by molar-refractivity contribution is 6.24. The van der Waals surface area contributed by atoms with E-state index < -0.39 is 132 Å². The summed E-state index contributed by atoms with van der Waals surface area (Å²) in [5.74, 6) is -9.60. The molecule has 5 aromatic rings. The Morgan fingerprint density at radius 2 is 1.43 bits per heavy atom. The number of aliphatic imine (C=N–C) groups is 1. The number of aromatic hydroxyl groups is 1. The summed E-state index contributed by atoms with van der Waals surface area (Å²) in [6, 6.07) is 5.84. The number of likely N-dealkylation sites (N-methyl/N-ethyl adjacent to an activating group) is 2. The van der Waals surface area contributed by atoms with Crippen molar-refractivity contribution in [3.8, 4) is 22.9 Å². The predicted molar refractivity (Wildman–Crippen MR) is 450 cm³/mol. The number of carbonyl (C=O) groups excluding carboxylic acids is 13. The molecule has 0 radical (unpaired) electrons. The number of unbranched alkanes of at least 4 members (excludes halogenated alkanes) is 1. The Morgan fingerprint density at radius 1 is 0.772 bits per heavy atom. The van der Waals surface area contributed by atoms with Crippen LogP contribution in [0, 0.1) is 17.9 Å². The van der Waals surface area contributed by atoms with Crippen LogP contribution in [0.2, 0.25) is 0 Å². The van der Waals surface area contributed by atoms with Gasteiger partial charge in [0.15, 0.2) is 17.3 Å². The van der Waals surface area contributed by atoms with Crippen LogP contribution in [0.25, 0.3) is 22.3 Å². The Kier molecular flexibility index (Phi) is 35.7. The Balaban J connectivity index is 0.627. The zero-order valence-corrected chi connectivity index (χ0v) is 71.4. The molecule has 15 N–H and O–H groups in total. The van der Waals surface area contributed by atoms with Gasteiger partial charge in [-0.15, -0.1) is 0 Å². The van der Waals surface area contributed by atoms with Crippen molar-refractivity contribution in [1.82, 2.24) is 66.5 Å². The van der Waals surface area contributed by atoms with Crippen LogP contribution >= 0.6 is 0 Å². The van der Waals surface area contributed by atoms with Gasteiger partial charge in [-0.1, -0.05) is 19.1 Å². The molecular weight excluding hydrogens is 1660 g/mol. The highest BCUT2D eigenvalue weighted by Crippen LogP contribution is 2.40. The quantitative estimate of drug-likeness (QED) is 0.00839. The number of allylic oxidation sites excluding steroid dienone is 2. The van der Waals surface area contributed by atoms with Crippen molar-refractivity contribution >= 4 is 106 Å². The Labute approximate surface area is 728 Å². The van der Waals surface area contributed by atoms with Gasteiger partial charge in [0.05, 0.1) is 107 Å². The summed E-state index contributed by atoms with van der Waals surface area (Å²) < 4.78 is 41.4. The SMILES string of the molecule is CCc1c2c(nc3ccc(OC(=O)N(C)CCN(C)C(=O)OCc4c5c(n(CC(=O)NCCOCCOCCOCC=NCC(CCC(=O)CCCC(=O)NCCCCC6NC(=O)C(Cc7ccc(O)cc7)NC(=O)C(CC(=O)O)NC(=O)CNC(=O)C(CCCNC(=N)N)NC6=O)N=N)c4C)C(=O)C=C(OC)C5=O)cc13)-c1cc3c(c(=O)n1C2)COC(=O)C3(C)O. The molecule has 6 heterocycles. The molecule has 43 nitrogen and oxygen atoms in total. The van der Waals surface area contributed by atoms with E-state index in [0.29, 0.717) is 46.4 Å². The number of ether oxygens (including phenoxy) is 7. The number of guanidine groups is 1. The summed E-state index contributed by atoms with van der Waals surface area (Å²) in [4.78, 5) is 211. The lowest BCUT2D eigenvalue weighted by molar-refractivity contribution is -0.169. The molecule has 9 rings (SSSR count). The van der Waals surface area contributed by atoms with Crippen molar-refractivity contribution in [2.24, 2.45) is 15.8 Å². The number of carboxylic acids is 1. The molecule has 1 aliphatic carbocycles. The van der Waals surface area contributed by atoms with Crippen LogP contribution in [-0.4, -0.2) is 271 Å². The summed E-state index contributed by atoms with van der Waals surface area (Å²) in [6.45, 7) is 4.57. The smallest absolute Gasteiger partial charge is 0.415 e. The lowest BCUT2D eigenvalue weighted by atomic mass is 9.89. The number of nitrogens with two attached hydrogens (primary N) is 1. The molecule has 2 aromatic carbocycles. The van der Waals surface area contributed by atoms with E-state index in [1.54, 1.807) is 35.8 Å². The number of aryl methyl sites for hydroxylation is 1. The van der Waals surface area contributed by atoms with Crippen molar-refractivity contribution in [1.29, 1.82) is 10.9 Å². The van der Waals surface area contributed by atoms with Crippen LogP contribution in [0.5, 0.6) is 11.5 Å². The fraction of sp³-hybridized carbons (Fsp3) is 0.500. The third-order valence-corrected chi connectivity index (χ3v) is 21.5. The van der Waals surface area contributed by atoms with Crippen LogP contribution in [0.15, 0.2) is 75.3 Å². The largest absolute Gasteiger partial charge is 0.508 e. The van der Waals surface area contributed by atoms with Gasteiger partial charge < -0.3 is 116 Å². The van der Waals surface area contributed by atoms with E-state index in [9.17, 15) is 87.2 Å². The first kappa shape index (κ1) is 97.4. The predicted octanol–water partition coefficient (Wildman–Crippen LogP) is 1.17. The number of carbonyl (C=O) groups is 14. The second kappa shape index (κ2) is 46.5. The fourth-order valence-electron chi connectivity index (χ4n) is 14.5. The number of fused-ring (bicyclic) bond motifs is 6. The maximum absolute atomic E-state index is 14.1. The molecule has 6 unspecified atom stereocenters. The number of benzene rings is 2. The average Bonchev–Trinajstić information content (AvgIpc) is 1.59. The second-order valence-electron chi connectivity index (χ2n) is 30.7. The molecule has 43 heteroatoms. The molecule has 6 atom stereocenters. The van der Waals surface area contributed by atoms with Gasteiger partial charge in [0.1, 0.15) is 66.9 Å². The summed E-state index contributed by atoms with van der Waals surface area (Å²) >= 11 is 0. The minimum atomic E-state index is -2.02. The number of nitrogens with zero attached hydrogens (tertiary/aromatic N) is 7. The van der Waals surface area contributed by atoms with Crippen LogP contribution in [-0.2, 0) is 121 Å². The number of phenols is 1. The number of nitrogens with one attached hydrogen (secondary N) is 10. The first-order chi connectivity index (χ1) is 60.7. The molecule has 0 saturated carbocycles. The van der Waals surface area contributed by atoms with Crippen molar-refractivity contribution in [2.45, 2.75) is 166 Å². The molecule has 0 spiro atoms. The minimum absolute atomic E-state index is 0.0112. The number of cyclic esters (lactones) is 1. The fourth-order valence-corrected chi connectivity index (χ4v) is 14.5. The molecule has 1 saturated heterocycles. The monoisotopic (exact) mass is 1770 g/mol. The number of methoxy groups -OCH3 is 1. The molecule has 1 fully saturated rings. The van der Waals surface area contributed by atoms with Crippen molar-refractivity contribution in [3.05, 3.63) is 121 Å². The zero-order valence-electron chi connectivity index (χ0n) is 71.4. The number of aliphatic hydroxyl groups is 1. The van der Waals surface area contributed by atoms with E-state index in [-0.39, 0.29) is 226 Å². The topological polar surface area (TPSA) is 605 Å². The van der Waals surface area contributed by atoms with E-state index in [1.807, 2.05) is 6.92 Å². The number of pyridine rings is 2. The molecule has 3 aromatic heterocycles. The first-order valence-electron chi connectivity index (χ1n) is 41.4. The van der Waals surface area contributed by atoms with Gasteiger partial charge >= 0.3 is 24.1 Å². The van der Waals surface area contributed by atoms with Gasteiger partial charge in [-0.25, -0.2) is 24.9 Å². The average molecular weight is 1770 g/mol. The van der Waals surface area contributed by atoms with Gasteiger partial charge in [-0.2, -0.15) is 5.11 Å². The highest BCUT2D eigenvalue weighted by atomic mass is 16.6. The number of rotatable bonds is 44. The molecule has 3 aliphatic heterocycles. The third kappa shape index (κ3) is 26.8. The number of aromatic nitrogens is 3. The van der Waals surface area contributed by atoms with Crippen LogP contribution in [0.1, 0.15) is 144 Å². The number of aliphatic carboxylic acids is 1. The normalized spacial score (nSPS) is 17.7. The van der Waals surface area contributed by atoms with E-state index in [4.69, 9.17) is 54.8 Å². The Bertz CT molecular complexity index is 5100. The molecular formula is C84H108N18O25. The molecule has 0 bridgehead atoms. The van der Waals surface area contributed by atoms with Crippen molar-refractivity contribution < 1.29 is 116 Å². The maximum Gasteiger partial charge on any atom is 0.415 e. The number of carboxylic acid groups (broad SMARTS) is 1. The van der Waals surface area contributed by atoms with E-state index in [2.05, 4.69) is 52.6 Å². The number of hydrogen-bond donors (Lipinski definition) is 14. The highest BCUT2D eigenvalue weighted by Gasteiger charge is 2.44. The number of esters is 1. The first-order valence-corrected chi connectivity index (χ1v) is 41.4. The lowest BCUT2D eigenvalue weighted by Crippen LogP contribution is -2.58. The van der Waals surface area contributed by atoms with Crippen molar-refractivity contribution in [3.63, 3.8) is 0 Å². The summed E-state index contributed by atoms with van der Waals surface area (Å²) in [7, 11) is 4.15. The lowest BCUT2D eigenvalue weighted by Gasteiger charge is -2.29. The van der Waals surface area contributed by atoms with Crippen molar-refractivity contribution in [2.75, 3.05) is 107 Å². The van der Waals surface area contributed by atoms with Crippen LogP contribution < -0.4 is 58.6 Å². The van der Waals surface area contributed by atoms with E-state index in [0.717, 1.165) is 17.2 Å². The third-order valence-electron chi connectivity index (χ3n) is 21.5. The number of ketones is 3. The second-order valence-corrected chi connectivity index (χ2v) is 30.7. The molecule has 684 valence electrons. The zero-order chi connectivity index (χ0) is 92.2. The number of amides is 9. The van der Waals surface area contributed by atoms with Gasteiger partial charge in [0.25, 0.3) is 5.56 Å². The summed E-state index contributed by atoms with van der Waals surface area (Å²) in [5.41, 5.74) is 14.8. The molecule has 127 heavy (non-hydrogen) atoms. The number of Topliss-reactive ketones (excluding diaryl/α,β-unsaturated/α-hetero) is 2. The number of hydrogen-bond acceptors (Lipinski definition) is 29. The van der Waals surface area contributed by atoms with Gasteiger partial charge in [0, 0.05) is 113 Å². The van der Waals surface area contributed by atoms with Crippen LogP contribution in [0.4, 0.5) is 9.59 Å². The molecule has 9 amide bonds. The van der Waals surface area contributed by atoms with Crippen LogP contribution in [0.3, 0.4) is 0 Å². The van der Waals surface area contributed by atoms with E-state index in [1.165, 1.54) is 73.0 Å². The Hall–Kier alpha value is -13.4. The van der Waals surface area contributed by atoms with Gasteiger partial charge in [-0.3, -0.25) is 67.9 Å². The van der Waals surface area contributed by atoms with E-state index >= 15 is 0 Å². The van der Waals surface area contributed by atoms with Gasteiger partial charge in [0.2, 0.25) is 52.9 Å².